The summed E-state index contributed by atoms with van der Waals surface area (Å²) in [5, 5.41) is 7.82. The number of hydrogen-bond acceptors (Lipinski definition) is 5. The number of carbonyl (C=O) groups excluding carboxylic acids is 2. The van der Waals surface area contributed by atoms with Gasteiger partial charge in [0.1, 0.15) is 11.6 Å². The molecule has 184 valence electrons. The zero-order chi connectivity index (χ0) is 25.0. The zero-order valence-electron chi connectivity index (χ0n) is 21.0. The van der Waals surface area contributed by atoms with Crippen LogP contribution in [0.1, 0.15) is 49.7 Å². The van der Waals surface area contributed by atoms with Crippen molar-refractivity contribution in [3.8, 4) is 11.4 Å². The lowest BCUT2D eigenvalue weighted by atomic mass is 9.89. The summed E-state index contributed by atoms with van der Waals surface area (Å²) in [4.78, 5) is 27.9. The zero-order valence-corrected chi connectivity index (χ0v) is 21.0. The number of aromatic nitrogens is 2. The highest BCUT2D eigenvalue weighted by molar-refractivity contribution is 5.98. The van der Waals surface area contributed by atoms with Gasteiger partial charge in [0.2, 0.25) is 5.91 Å². The molecule has 4 rings (SSSR count). The highest BCUT2D eigenvalue weighted by atomic mass is 16.5. The number of benzene rings is 2. The first-order valence-electron chi connectivity index (χ1n) is 12.1. The van der Waals surface area contributed by atoms with Crippen molar-refractivity contribution in [3.63, 3.8) is 0 Å². The molecule has 1 aliphatic heterocycles. The quantitative estimate of drug-likeness (QED) is 0.502. The van der Waals surface area contributed by atoms with Gasteiger partial charge in [-0.3, -0.25) is 14.5 Å². The van der Waals surface area contributed by atoms with Crippen molar-refractivity contribution in [1.82, 2.24) is 14.7 Å². The predicted octanol–water partition coefficient (Wildman–Crippen LogP) is 4.71. The number of ketones is 1. The molecule has 7 nitrogen and oxygen atoms in total. The lowest BCUT2D eigenvalue weighted by Crippen LogP contribution is -2.41. The molecule has 1 aliphatic rings. The number of Topliss-reactive ketones (excluding diaryl/α,β-unsaturated/α-hetero) is 1. The molecule has 35 heavy (non-hydrogen) atoms. The van der Waals surface area contributed by atoms with Crippen molar-refractivity contribution in [1.29, 1.82) is 0 Å². The lowest BCUT2D eigenvalue weighted by Gasteiger charge is -2.30. The number of piperidine rings is 1. The Morgan fingerprint density at radius 1 is 1.03 bits per heavy atom. The van der Waals surface area contributed by atoms with Gasteiger partial charge in [-0.05, 0) is 62.3 Å². The minimum absolute atomic E-state index is 0.0171. The number of nitrogens with zero attached hydrogens (tertiary/aromatic N) is 3. The van der Waals surface area contributed by atoms with E-state index in [1.165, 1.54) is 0 Å². The van der Waals surface area contributed by atoms with Crippen molar-refractivity contribution >= 4 is 17.5 Å². The second kappa shape index (κ2) is 10.4. The molecular weight excluding hydrogens is 440 g/mol. The number of anilines is 1. The van der Waals surface area contributed by atoms with Crippen molar-refractivity contribution in [2.75, 3.05) is 32.1 Å². The number of amides is 1. The highest BCUT2D eigenvalue weighted by Crippen LogP contribution is 2.27. The van der Waals surface area contributed by atoms with E-state index >= 15 is 0 Å². The fraction of sp³-hybridized carbons (Fsp3) is 0.393. The van der Waals surface area contributed by atoms with Gasteiger partial charge in [0.15, 0.2) is 5.78 Å². The van der Waals surface area contributed by atoms with Crippen LogP contribution in [0.3, 0.4) is 0 Å². The van der Waals surface area contributed by atoms with Crippen molar-refractivity contribution in [2.24, 2.45) is 5.92 Å². The minimum atomic E-state index is -0.141. The molecular formula is C28H34N4O3. The van der Waals surface area contributed by atoms with E-state index in [-0.39, 0.29) is 29.6 Å². The Bertz CT molecular complexity index is 1160. The lowest BCUT2D eigenvalue weighted by molar-refractivity contribution is -0.117. The third-order valence-corrected chi connectivity index (χ3v) is 6.45. The number of carbonyl (C=O) groups is 2. The largest absolute Gasteiger partial charge is 0.497 e. The number of likely N-dealkylation sites (tertiary alicyclic amines) is 1. The second-order valence-electron chi connectivity index (χ2n) is 10.1. The van der Waals surface area contributed by atoms with Gasteiger partial charge in [-0.1, -0.05) is 39.0 Å². The number of methoxy groups -OCH3 is 1. The monoisotopic (exact) mass is 474 g/mol. The number of rotatable bonds is 7. The van der Waals surface area contributed by atoms with Gasteiger partial charge in [0.25, 0.3) is 0 Å². The Balaban J connectivity index is 1.36. The molecule has 1 aromatic heterocycles. The summed E-state index contributed by atoms with van der Waals surface area (Å²) in [6.07, 6.45) is 1.49. The molecule has 2 heterocycles. The Labute approximate surface area is 207 Å². The van der Waals surface area contributed by atoms with Crippen LogP contribution in [0.25, 0.3) is 5.69 Å². The van der Waals surface area contributed by atoms with E-state index in [0.717, 1.165) is 30.0 Å². The maximum absolute atomic E-state index is 12.9. The van der Waals surface area contributed by atoms with Crippen LogP contribution >= 0.6 is 0 Å². The summed E-state index contributed by atoms with van der Waals surface area (Å²) < 4.78 is 6.97. The van der Waals surface area contributed by atoms with Crippen LogP contribution in [0, 0.1) is 5.92 Å². The maximum Gasteiger partial charge on any atom is 0.239 e. The van der Waals surface area contributed by atoms with Crippen LogP contribution in [-0.4, -0.2) is 53.1 Å². The average molecular weight is 475 g/mol. The first kappa shape index (κ1) is 24.7. The van der Waals surface area contributed by atoms with Crippen LogP contribution < -0.4 is 10.1 Å². The molecule has 1 fully saturated rings. The number of para-hydroxylation sites is 1. The van der Waals surface area contributed by atoms with Crippen LogP contribution in [-0.2, 0) is 10.2 Å². The van der Waals surface area contributed by atoms with Crippen LogP contribution in [0.15, 0.2) is 60.7 Å². The van der Waals surface area contributed by atoms with Gasteiger partial charge in [0.05, 0.1) is 25.0 Å². The molecule has 2 aromatic carbocycles. The third-order valence-electron chi connectivity index (χ3n) is 6.45. The first-order chi connectivity index (χ1) is 16.7. The van der Waals surface area contributed by atoms with Crippen molar-refractivity contribution in [2.45, 2.75) is 39.0 Å². The molecule has 1 saturated heterocycles. The summed E-state index contributed by atoms with van der Waals surface area (Å²) in [7, 11) is 1.61. The van der Waals surface area contributed by atoms with Gasteiger partial charge in [-0.25, -0.2) is 4.68 Å². The van der Waals surface area contributed by atoms with Crippen molar-refractivity contribution in [3.05, 3.63) is 71.9 Å². The Kier molecular flexibility index (Phi) is 7.36. The third kappa shape index (κ3) is 5.98. The van der Waals surface area contributed by atoms with Crippen LogP contribution in [0.5, 0.6) is 5.75 Å². The van der Waals surface area contributed by atoms with E-state index in [0.29, 0.717) is 24.5 Å². The van der Waals surface area contributed by atoms with E-state index in [1.807, 2.05) is 60.7 Å². The van der Waals surface area contributed by atoms with Gasteiger partial charge < -0.3 is 10.1 Å². The molecule has 0 atom stereocenters. The topological polar surface area (TPSA) is 76.5 Å². The molecule has 0 aliphatic carbocycles. The summed E-state index contributed by atoms with van der Waals surface area (Å²) in [5.74, 6) is 1.47. The molecule has 7 heteroatoms. The van der Waals surface area contributed by atoms with Crippen LogP contribution in [0.4, 0.5) is 5.82 Å². The summed E-state index contributed by atoms with van der Waals surface area (Å²) in [6, 6.07) is 19.0. The fourth-order valence-electron chi connectivity index (χ4n) is 4.33. The van der Waals surface area contributed by atoms with Gasteiger partial charge in [0, 0.05) is 23.0 Å². The maximum atomic E-state index is 12.9. The molecule has 1 amide bonds. The number of nitrogens with one attached hydrogen (secondary N) is 1. The molecule has 0 spiro atoms. The Hall–Kier alpha value is -3.45. The first-order valence-corrected chi connectivity index (χ1v) is 12.1. The number of hydrogen-bond donors (Lipinski definition) is 1. The second-order valence-corrected chi connectivity index (χ2v) is 10.1. The van der Waals surface area contributed by atoms with Crippen LogP contribution in [0.2, 0.25) is 0 Å². The summed E-state index contributed by atoms with van der Waals surface area (Å²) >= 11 is 0. The van der Waals surface area contributed by atoms with Crippen molar-refractivity contribution < 1.29 is 14.3 Å². The smallest absolute Gasteiger partial charge is 0.239 e. The van der Waals surface area contributed by atoms with Gasteiger partial charge in [-0.2, -0.15) is 5.10 Å². The number of ether oxygens (including phenoxy) is 1. The highest BCUT2D eigenvalue weighted by Gasteiger charge is 2.27. The van der Waals surface area contributed by atoms with Gasteiger partial charge in [-0.15, -0.1) is 0 Å². The minimum Gasteiger partial charge on any atom is -0.497 e. The molecule has 3 aromatic rings. The SMILES string of the molecule is COc1ccc(C(=O)C2CCN(CC(=O)Nc3cc(C(C)(C)C)nn3-c3ccccc3)CC2)cc1. The summed E-state index contributed by atoms with van der Waals surface area (Å²) in [5.41, 5.74) is 2.38. The average Bonchev–Trinajstić information content (AvgIpc) is 3.29. The van der Waals surface area contributed by atoms with E-state index in [4.69, 9.17) is 9.84 Å². The normalized spacial score (nSPS) is 15.1. The van der Waals surface area contributed by atoms with E-state index in [1.54, 1.807) is 11.8 Å². The van der Waals surface area contributed by atoms with Gasteiger partial charge >= 0.3 is 0 Å². The van der Waals surface area contributed by atoms with E-state index in [9.17, 15) is 9.59 Å². The fourth-order valence-corrected chi connectivity index (χ4v) is 4.33. The molecule has 0 bridgehead atoms. The standard InChI is InChI=1S/C28H34N4O3/c1-28(2,3)24-18-25(32(30-24)22-8-6-5-7-9-22)29-26(33)19-31-16-14-21(15-17-31)27(34)20-10-12-23(35-4)13-11-20/h5-13,18,21H,14-17,19H2,1-4H3,(H,29,33). The molecule has 0 unspecified atom stereocenters. The van der Waals surface area contributed by atoms with E-state index in [2.05, 4.69) is 31.0 Å². The Morgan fingerprint density at radius 2 is 1.69 bits per heavy atom. The molecule has 0 saturated carbocycles. The Morgan fingerprint density at radius 3 is 2.29 bits per heavy atom. The molecule has 1 N–H and O–H groups in total. The predicted molar refractivity (Wildman–Crippen MR) is 137 cm³/mol. The molecule has 0 radical (unpaired) electrons. The summed E-state index contributed by atoms with van der Waals surface area (Å²) in [6.45, 7) is 8.03. The van der Waals surface area contributed by atoms with E-state index < -0.39 is 0 Å².